The third-order valence-electron chi connectivity index (χ3n) is 4.47. The number of hydrogen-bond donors (Lipinski definition) is 0. The van der Waals surface area contributed by atoms with E-state index in [0.29, 0.717) is 11.8 Å². The van der Waals surface area contributed by atoms with Crippen LogP contribution in [-0.2, 0) is 13.0 Å². The van der Waals surface area contributed by atoms with Crippen LogP contribution in [0.1, 0.15) is 55.2 Å². The van der Waals surface area contributed by atoms with E-state index in [4.69, 9.17) is 4.42 Å². The molecule has 1 atom stereocenters. The van der Waals surface area contributed by atoms with Crippen LogP contribution in [0.15, 0.2) is 4.42 Å². The van der Waals surface area contributed by atoms with Crippen LogP contribution < -0.4 is 0 Å². The number of nitrogens with zero attached hydrogens (tertiary/aromatic N) is 3. The lowest BCUT2D eigenvalue weighted by Crippen LogP contribution is -2.39. The number of oxazole rings is 1. The molecule has 0 spiro atoms. The van der Waals surface area contributed by atoms with Crippen molar-refractivity contribution in [2.75, 3.05) is 26.2 Å². The SMILES string of the molecule is CCCN1CCc2oc(C(=O)N3CCC[C@@H](C)C3)nc2C1. The van der Waals surface area contributed by atoms with Crippen LogP contribution >= 0.6 is 0 Å². The van der Waals surface area contributed by atoms with E-state index < -0.39 is 0 Å². The Labute approximate surface area is 126 Å². The van der Waals surface area contributed by atoms with E-state index in [1.165, 1.54) is 6.42 Å². The molecule has 1 saturated heterocycles. The number of likely N-dealkylation sites (tertiary alicyclic amines) is 1. The maximum atomic E-state index is 12.5. The first kappa shape index (κ1) is 14.6. The van der Waals surface area contributed by atoms with Crippen molar-refractivity contribution >= 4 is 5.91 Å². The van der Waals surface area contributed by atoms with E-state index in [9.17, 15) is 4.79 Å². The molecule has 0 unspecified atom stereocenters. The second-order valence-electron chi connectivity index (χ2n) is 6.41. The van der Waals surface area contributed by atoms with Gasteiger partial charge in [-0.15, -0.1) is 0 Å². The molecule has 0 radical (unpaired) electrons. The first-order valence-corrected chi connectivity index (χ1v) is 8.17. The molecule has 5 heteroatoms. The summed E-state index contributed by atoms with van der Waals surface area (Å²) in [6.07, 6.45) is 4.30. The minimum Gasteiger partial charge on any atom is -0.437 e. The molecular weight excluding hydrogens is 266 g/mol. The van der Waals surface area contributed by atoms with Gasteiger partial charge in [0, 0.05) is 32.6 Å². The van der Waals surface area contributed by atoms with Crippen LogP contribution in [0.5, 0.6) is 0 Å². The molecule has 0 bridgehead atoms. The Morgan fingerprint density at radius 2 is 2.29 bits per heavy atom. The monoisotopic (exact) mass is 291 g/mol. The molecule has 0 aliphatic carbocycles. The van der Waals surface area contributed by atoms with Gasteiger partial charge in [0.1, 0.15) is 5.76 Å². The standard InChI is InChI=1S/C16H25N3O2/c1-3-7-18-9-6-14-13(11-18)17-15(21-14)16(20)19-8-4-5-12(2)10-19/h12H,3-11H2,1-2H3/t12-/m1/s1. The molecule has 0 saturated carbocycles. The van der Waals surface area contributed by atoms with Gasteiger partial charge in [-0.1, -0.05) is 13.8 Å². The van der Waals surface area contributed by atoms with E-state index in [1.807, 2.05) is 4.90 Å². The molecule has 116 valence electrons. The molecule has 2 aliphatic rings. The molecular formula is C16H25N3O2. The van der Waals surface area contributed by atoms with Gasteiger partial charge in [-0.2, -0.15) is 0 Å². The molecule has 2 aliphatic heterocycles. The Balaban J connectivity index is 1.71. The molecule has 1 amide bonds. The van der Waals surface area contributed by atoms with E-state index in [2.05, 4.69) is 23.7 Å². The Kier molecular flexibility index (Phi) is 4.29. The van der Waals surface area contributed by atoms with Gasteiger partial charge in [-0.25, -0.2) is 4.98 Å². The lowest BCUT2D eigenvalue weighted by Gasteiger charge is -2.29. The highest BCUT2D eigenvalue weighted by Crippen LogP contribution is 2.22. The maximum Gasteiger partial charge on any atom is 0.309 e. The summed E-state index contributed by atoms with van der Waals surface area (Å²) in [7, 11) is 0. The highest BCUT2D eigenvalue weighted by Gasteiger charge is 2.29. The molecule has 3 rings (SSSR count). The third-order valence-corrected chi connectivity index (χ3v) is 4.47. The zero-order valence-corrected chi connectivity index (χ0v) is 13.1. The number of carbonyl (C=O) groups is 1. The average Bonchev–Trinajstić information content (AvgIpc) is 2.90. The number of amides is 1. The molecule has 1 fully saturated rings. The van der Waals surface area contributed by atoms with Gasteiger partial charge in [0.05, 0.1) is 5.69 Å². The van der Waals surface area contributed by atoms with Gasteiger partial charge in [-0.05, 0) is 31.7 Å². The van der Waals surface area contributed by atoms with Crippen molar-refractivity contribution in [1.82, 2.24) is 14.8 Å². The fourth-order valence-electron chi connectivity index (χ4n) is 3.36. The van der Waals surface area contributed by atoms with Crippen molar-refractivity contribution in [1.29, 1.82) is 0 Å². The molecule has 0 N–H and O–H groups in total. The predicted octanol–water partition coefficient (Wildman–Crippen LogP) is 2.31. The summed E-state index contributed by atoms with van der Waals surface area (Å²) in [4.78, 5) is 21.3. The van der Waals surface area contributed by atoms with Gasteiger partial charge in [0.2, 0.25) is 0 Å². The minimum atomic E-state index is -0.0296. The lowest BCUT2D eigenvalue weighted by atomic mass is 10.0. The quantitative estimate of drug-likeness (QED) is 0.857. The number of carbonyl (C=O) groups excluding carboxylic acids is 1. The first-order chi connectivity index (χ1) is 10.2. The molecule has 1 aromatic rings. The number of hydrogen-bond acceptors (Lipinski definition) is 4. The molecule has 21 heavy (non-hydrogen) atoms. The summed E-state index contributed by atoms with van der Waals surface area (Å²) >= 11 is 0. The average molecular weight is 291 g/mol. The fraction of sp³-hybridized carbons (Fsp3) is 0.750. The summed E-state index contributed by atoms with van der Waals surface area (Å²) < 4.78 is 5.75. The molecule has 3 heterocycles. The topological polar surface area (TPSA) is 49.6 Å². The van der Waals surface area contributed by atoms with Crippen LogP contribution in [0.25, 0.3) is 0 Å². The zero-order valence-electron chi connectivity index (χ0n) is 13.1. The van der Waals surface area contributed by atoms with Gasteiger partial charge in [0.25, 0.3) is 5.89 Å². The van der Waals surface area contributed by atoms with Crippen molar-refractivity contribution in [2.45, 2.75) is 46.1 Å². The normalized spacial score (nSPS) is 23.1. The number of aromatic nitrogens is 1. The summed E-state index contributed by atoms with van der Waals surface area (Å²) in [6.45, 7) is 8.94. The molecule has 0 aromatic carbocycles. The van der Waals surface area contributed by atoms with Crippen molar-refractivity contribution < 1.29 is 9.21 Å². The summed E-state index contributed by atoms with van der Waals surface area (Å²) in [5.74, 6) is 1.76. The highest BCUT2D eigenvalue weighted by molar-refractivity contribution is 5.89. The van der Waals surface area contributed by atoms with E-state index in [1.54, 1.807) is 0 Å². The third kappa shape index (κ3) is 3.12. The number of piperidine rings is 1. The van der Waals surface area contributed by atoms with Crippen LogP contribution in [0.4, 0.5) is 0 Å². The van der Waals surface area contributed by atoms with E-state index in [0.717, 1.165) is 63.4 Å². The van der Waals surface area contributed by atoms with Gasteiger partial charge in [-0.3, -0.25) is 9.69 Å². The van der Waals surface area contributed by atoms with Crippen molar-refractivity contribution in [3.8, 4) is 0 Å². The van der Waals surface area contributed by atoms with Crippen LogP contribution in [0.3, 0.4) is 0 Å². The Morgan fingerprint density at radius 3 is 3.05 bits per heavy atom. The first-order valence-electron chi connectivity index (χ1n) is 8.17. The number of rotatable bonds is 3. The predicted molar refractivity (Wildman–Crippen MR) is 80.1 cm³/mol. The highest BCUT2D eigenvalue weighted by atomic mass is 16.4. The van der Waals surface area contributed by atoms with Crippen molar-refractivity contribution in [3.63, 3.8) is 0 Å². The maximum absolute atomic E-state index is 12.5. The van der Waals surface area contributed by atoms with E-state index >= 15 is 0 Å². The Hall–Kier alpha value is -1.36. The second kappa shape index (κ2) is 6.18. The fourth-order valence-corrected chi connectivity index (χ4v) is 3.36. The van der Waals surface area contributed by atoms with Gasteiger partial charge < -0.3 is 9.32 Å². The lowest BCUT2D eigenvalue weighted by molar-refractivity contribution is 0.0640. The minimum absolute atomic E-state index is 0.0296. The van der Waals surface area contributed by atoms with Gasteiger partial charge >= 0.3 is 5.91 Å². The van der Waals surface area contributed by atoms with Gasteiger partial charge in [0.15, 0.2) is 0 Å². The Morgan fingerprint density at radius 1 is 1.43 bits per heavy atom. The largest absolute Gasteiger partial charge is 0.437 e. The zero-order chi connectivity index (χ0) is 14.8. The summed E-state index contributed by atoms with van der Waals surface area (Å²) in [5, 5.41) is 0. The smallest absolute Gasteiger partial charge is 0.309 e. The van der Waals surface area contributed by atoms with Crippen LogP contribution in [0.2, 0.25) is 0 Å². The summed E-state index contributed by atoms with van der Waals surface area (Å²) in [6, 6.07) is 0. The van der Waals surface area contributed by atoms with Crippen LogP contribution in [0, 0.1) is 5.92 Å². The molecule has 1 aromatic heterocycles. The summed E-state index contributed by atoms with van der Waals surface area (Å²) in [5.41, 5.74) is 0.961. The van der Waals surface area contributed by atoms with Crippen molar-refractivity contribution in [2.24, 2.45) is 5.92 Å². The number of fused-ring (bicyclic) bond motifs is 1. The van der Waals surface area contributed by atoms with Crippen LogP contribution in [-0.4, -0.2) is 46.9 Å². The van der Waals surface area contributed by atoms with E-state index in [-0.39, 0.29) is 5.91 Å². The second-order valence-corrected chi connectivity index (χ2v) is 6.41. The van der Waals surface area contributed by atoms with Crippen molar-refractivity contribution in [3.05, 3.63) is 17.3 Å². The molecule has 5 nitrogen and oxygen atoms in total. The Bertz CT molecular complexity index is 512.